The van der Waals surface area contributed by atoms with Crippen LogP contribution >= 0.6 is 11.3 Å². The van der Waals surface area contributed by atoms with Gasteiger partial charge in [0, 0.05) is 17.8 Å². The smallest absolute Gasteiger partial charge is 0.349 e. The Hall–Kier alpha value is -1.83. The molecule has 0 atom stereocenters. The normalized spacial score (nSPS) is 14.5. The lowest BCUT2D eigenvalue weighted by molar-refractivity contribution is -0.142. The van der Waals surface area contributed by atoms with E-state index < -0.39 is 11.9 Å². The molecule has 2 aromatic rings. The predicted octanol–water partition coefficient (Wildman–Crippen LogP) is 3.58. The van der Waals surface area contributed by atoms with Crippen LogP contribution in [0, 0.1) is 6.92 Å². The number of fused-ring (bicyclic) bond motifs is 1. The molecule has 0 aliphatic heterocycles. The van der Waals surface area contributed by atoms with Crippen molar-refractivity contribution in [2.45, 2.75) is 45.3 Å². The molecule has 0 saturated carbocycles. The van der Waals surface area contributed by atoms with E-state index in [1.54, 1.807) is 6.07 Å². The molecule has 1 amide bonds. The van der Waals surface area contributed by atoms with Crippen molar-refractivity contribution in [2.24, 2.45) is 0 Å². The molecule has 0 bridgehead atoms. The van der Waals surface area contributed by atoms with E-state index in [2.05, 4.69) is 10.4 Å². The standard InChI is InChI=1S/C16H18F3N3OS/c1-10-8-13(24-9-10)15(23)20-6-7-22-12-5-3-2-4-11(12)14(21-22)16(17,18)19/h8-9H,2-7H2,1H3,(H,20,23). The van der Waals surface area contributed by atoms with E-state index in [1.807, 2.05) is 12.3 Å². The maximum Gasteiger partial charge on any atom is 0.435 e. The summed E-state index contributed by atoms with van der Waals surface area (Å²) in [5.41, 5.74) is 1.24. The molecule has 0 fully saturated rings. The van der Waals surface area contributed by atoms with Crippen LogP contribution in [0.3, 0.4) is 0 Å². The van der Waals surface area contributed by atoms with Crippen LogP contribution in [0.1, 0.15) is 45.0 Å². The SMILES string of the molecule is Cc1csc(C(=O)NCCn2nc(C(F)(F)F)c3c2CCCC3)c1. The third kappa shape index (κ3) is 3.48. The molecule has 8 heteroatoms. The Balaban J connectivity index is 1.69. The van der Waals surface area contributed by atoms with Crippen molar-refractivity contribution >= 4 is 17.2 Å². The third-order valence-electron chi connectivity index (χ3n) is 4.09. The summed E-state index contributed by atoms with van der Waals surface area (Å²) in [7, 11) is 0. The lowest BCUT2D eigenvalue weighted by Crippen LogP contribution is -2.27. The average Bonchev–Trinajstić information content (AvgIpc) is 3.11. The van der Waals surface area contributed by atoms with Crippen molar-refractivity contribution < 1.29 is 18.0 Å². The summed E-state index contributed by atoms with van der Waals surface area (Å²) in [6.07, 6.45) is -1.76. The van der Waals surface area contributed by atoms with Gasteiger partial charge in [-0.2, -0.15) is 18.3 Å². The molecular formula is C16H18F3N3OS. The van der Waals surface area contributed by atoms with E-state index in [-0.39, 0.29) is 19.0 Å². The first-order valence-corrected chi connectivity index (χ1v) is 8.73. The fourth-order valence-electron chi connectivity index (χ4n) is 3.00. The number of thiophene rings is 1. The minimum absolute atomic E-state index is 0.204. The lowest BCUT2D eigenvalue weighted by Gasteiger charge is -2.14. The minimum Gasteiger partial charge on any atom is -0.349 e. The highest BCUT2D eigenvalue weighted by Gasteiger charge is 2.39. The highest BCUT2D eigenvalue weighted by atomic mass is 32.1. The third-order valence-corrected chi connectivity index (χ3v) is 5.14. The van der Waals surface area contributed by atoms with Gasteiger partial charge in [-0.25, -0.2) is 0 Å². The summed E-state index contributed by atoms with van der Waals surface area (Å²) in [5, 5.41) is 8.41. The Labute approximate surface area is 141 Å². The number of amides is 1. The molecule has 1 aliphatic carbocycles. The Morgan fingerprint density at radius 2 is 2.12 bits per heavy atom. The first-order valence-electron chi connectivity index (χ1n) is 7.85. The first kappa shape index (κ1) is 17.0. The molecule has 2 heterocycles. The van der Waals surface area contributed by atoms with E-state index in [0.29, 0.717) is 29.0 Å². The summed E-state index contributed by atoms with van der Waals surface area (Å²) >= 11 is 1.35. The summed E-state index contributed by atoms with van der Waals surface area (Å²) in [6.45, 7) is 2.40. The minimum atomic E-state index is -4.43. The van der Waals surface area contributed by atoms with Crippen molar-refractivity contribution in [3.63, 3.8) is 0 Å². The molecule has 3 rings (SSSR count). The number of hydrogen-bond acceptors (Lipinski definition) is 3. The van der Waals surface area contributed by atoms with Gasteiger partial charge in [0.15, 0.2) is 5.69 Å². The number of alkyl halides is 3. The summed E-state index contributed by atoms with van der Waals surface area (Å²) in [5.74, 6) is -0.204. The van der Waals surface area contributed by atoms with Crippen molar-refractivity contribution in [3.8, 4) is 0 Å². The van der Waals surface area contributed by atoms with Crippen LogP contribution < -0.4 is 5.32 Å². The van der Waals surface area contributed by atoms with E-state index in [0.717, 1.165) is 18.4 Å². The number of hydrogen-bond donors (Lipinski definition) is 1. The largest absolute Gasteiger partial charge is 0.435 e. The first-order chi connectivity index (χ1) is 11.4. The second kappa shape index (κ2) is 6.58. The van der Waals surface area contributed by atoms with Crippen LogP contribution in [0.4, 0.5) is 13.2 Å². The average molecular weight is 357 g/mol. The van der Waals surface area contributed by atoms with Gasteiger partial charge < -0.3 is 5.32 Å². The van der Waals surface area contributed by atoms with Crippen LogP contribution in [-0.2, 0) is 25.6 Å². The fraction of sp³-hybridized carbons (Fsp3) is 0.500. The molecule has 130 valence electrons. The van der Waals surface area contributed by atoms with Crippen LogP contribution in [-0.4, -0.2) is 22.2 Å². The summed E-state index contributed by atoms with van der Waals surface area (Å²) < 4.78 is 40.8. The number of nitrogens with one attached hydrogen (secondary N) is 1. The monoisotopic (exact) mass is 357 g/mol. The van der Waals surface area contributed by atoms with Gasteiger partial charge in [0.2, 0.25) is 0 Å². The number of nitrogens with zero attached hydrogens (tertiary/aromatic N) is 2. The Bertz CT molecular complexity index is 748. The van der Waals surface area contributed by atoms with Gasteiger partial charge >= 0.3 is 6.18 Å². The van der Waals surface area contributed by atoms with E-state index in [4.69, 9.17) is 0 Å². The van der Waals surface area contributed by atoms with Crippen LogP contribution in [0.2, 0.25) is 0 Å². The van der Waals surface area contributed by atoms with Crippen molar-refractivity contribution in [3.05, 3.63) is 38.8 Å². The molecule has 0 unspecified atom stereocenters. The zero-order valence-electron chi connectivity index (χ0n) is 13.2. The van der Waals surface area contributed by atoms with Gasteiger partial charge in [0.25, 0.3) is 5.91 Å². The molecule has 0 radical (unpaired) electrons. The van der Waals surface area contributed by atoms with Crippen LogP contribution in [0.15, 0.2) is 11.4 Å². The predicted molar refractivity (Wildman–Crippen MR) is 85.3 cm³/mol. The number of aryl methyl sites for hydroxylation is 1. The number of halogens is 3. The Morgan fingerprint density at radius 3 is 2.79 bits per heavy atom. The Kier molecular flexibility index (Phi) is 4.67. The molecule has 4 nitrogen and oxygen atoms in total. The molecule has 1 aliphatic rings. The summed E-state index contributed by atoms with van der Waals surface area (Å²) in [6, 6.07) is 1.79. The molecule has 24 heavy (non-hydrogen) atoms. The van der Waals surface area contributed by atoms with E-state index in [9.17, 15) is 18.0 Å². The van der Waals surface area contributed by atoms with Crippen molar-refractivity contribution in [1.29, 1.82) is 0 Å². The lowest BCUT2D eigenvalue weighted by atomic mass is 9.95. The molecule has 0 saturated heterocycles. The van der Waals surface area contributed by atoms with E-state index in [1.165, 1.54) is 16.0 Å². The van der Waals surface area contributed by atoms with Gasteiger partial charge in [0.1, 0.15) is 0 Å². The molecule has 0 spiro atoms. The molecule has 1 N–H and O–H groups in total. The fourth-order valence-corrected chi connectivity index (χ4v) is 3.81. The quantitative estimate of drug-likeness (QED) is 0.909. The van der Waals surface area contributed by atoms with Crippen molar-refractivity contribution in [2.75, 3.05) is 6.54 Å². The second-order valence-electron chi connectivity index (χ2n) is 5.95. The highest BCUT2D eigenvalue weighted by Crippen LogP contribution is 2.35. The van der Waals surface area contributed by atoms with Gasteiger partial charge in [-0.3, -0.25) is 9.48 Å². The van der Waals surface area contributed by atoms with Crippen LogP contribution in [0.5, 0.6) is 0 Å². The van der Waals surface area contributed by atoms with Gasteiger partial charge in [-0.1, -0.05) is 0 Å². The van der Waals surface area contributed by atoms with Gasteiger partial charge in [-0.15, -0.1) is 11.3 Å². The van der Waals surface area contributed by atoms with Gasteiger partial charge in [-0.05, 0) is 49.6 Å². The molecular weight excluding hydrogens is 339 g/mol. The molecule has 2 aromatic heterocycles. The maximum absolute atomic E-state index is 13.1. The Morgan fingerprint density at radius 1 is 1.38 bits per heavy atom. The van der Waals surface area contributed by atoms with E-state index >= 15 is 0 Å². The highest BCUT2D eigenvalue weighted by molar-refractivity contribution is 7.12. The van der Waals surface area contributed by atoms with Crippen LogP contribution in [0.25, 0.3) is 0 Å². The number of carbonyl (C=O) groups is 1. The topological polar surface area (TPSA) is 46.9 Å². The summed E-state index contributed by atoms with van der Waals surface area (Å²) in [4.78, 5) is 12.6. The number of aromatic nitrogens is 2. The van der Waals surface area contributed by atoms with Gasteiger partial charge in [0.05, 0.1) is 11.4 Å². The van der Waals surface area contributed by atoms with Crippen molar-refractivity contribution in [1.82, 2.24) is 15.1 Å². The molecule has 0 aromatic carbocycles. The maximum atomic E-state index is 13.1. The zero-order valence-corrected chi connectivity index (χ0v) is 14.1. The number of carbonyl (C=O) groups excluding carboxylic acids is 1. The zero-order chi connectivity index (χ0) is 17.3. The second-order valence-corrected chi connectivity index (χ2v) is 6.86. The number of rotatable bonds is 4.